The average Bonchev–Trinajstić information content (AvgIpc) is 2.27. The molecular weight excluding hydrogens is 246 g/mol. The quantitative estimate of drug-likeness (QED) is 0.573. The molecule has 0 saturated heterocycles. The van der Waals surface area contributed by atoms with Gasteiger partial charge in [-0.2, -0.15) is 0 Å². The van der Waals surface area contributed by atoms with E-state index in [0.717, 1.165) is 6.42 Å². The first-order valence-corrected chi connectivity index (χ1v) is 9.43. The molecule has 0 aromatic heterocycles. The zero-order valence-corrected chi connectivity index (χ0v) is 13.9. The van der Waals surface area contributed by atoms with Gasteiger partial charge in [0.2, 0.25) is 0 Å². The Morgan fingerprint density at radius 3 is 2.28 bits per heavy atom. The lowest BCUT2D eigenvalue weighted by Crippen LogP contribution is -2.44. The van der Waals surface area contributed by atoms with Crippen LogP contribution < -0.4 is 5.32 Å². The van der Waals surface area contributed by atoms with E-state index >= 15 is 0 Å². The SMILES string of the molecule is CNC(CCC(=O)OC)CO[Si](C)(C)C(C)(C)C. The fourth-order valence-corrected chi connectivity index (χ4v) is 2.28. The number of carbonyl (C=O) groups excluding carboxylic acids is 1. The van der Waals surface area contributed by atoms with E-state index in [1.165, 1.54) is 7.11 Å². The molecule has 0 aliphatic rings. The zero-order valence-electron chi connectivity index (χ0n) is 12.9. The third kappa shape index (κ3) is 5.98. The molecule has 0 aromatic rings. The van der Waals surface area contributed by atoms with Crippen molar-refractivity contribution < 1.29 is 14.0 Å². The summed E-state index contributed by atoms with van der Waals surface area (Å²) in [5.74, 6) is -0.164. The molecule has 5 heteroatoms. The van der Waals surface area contributed by atoms with E-state index in [1.807, 2.05) is 7.05 Å². The van der Waals surface area contributed by atoms with Crippen molar-refractivity contribution in [1.82, 2.24) is 5.32 Å². The molecule has 1 atom stereocenters. The van der Waals surface area contributed by atoms with Crippen LogP contribution >= 0.6 is 0 Å². The summed E-state index contributed by atoms with van der Waals surface area (Å²) >= 11 is 0. The van der Waals surface area contributed by atoms with E-state index < -0.39 is 8.32 Å². The highest BCUT2D eigenvalue weighted by Crippen LogP contribution is 2.36. The van der Waals surface area contributed by atoms with E-state index in [0.29, 0.717) is 13.0 Å². The van der Waals surface area contributed by atoms with Crippen LogP contribution in [0.25, 0.3) is 0 Å². The van der Waals surface area contributed by atoms with Gasteiger partial charge in [-0.3, -0.25) is 4.79 Å². The van der Waals surface area contributed by atoms with Gasteiger partial charge >= 0.3 is 5.97 Å². The number of hydrogen-bond donors (Lipinski definition) is 1. The Labute approximate surface area is 113 Å². The van der Waals surface area contributed by atoms with Gasteiger partial charge in [0.05, 0.1) is 7.11 Å². The van der Waals surface area contributed by atoms with E-state index in [1.54, 1.807) is 0 Å². The van der Waals surface area contributed by atoms with Gasteiger partial charge in [0.1, 0.15) is 0 Å². The second kappa shape index (κ2) is 7.26. The maximum Gasteiger partial charge on any atom is 0.305 e. The summed E-state index contributed by atoms with van der Waals surface area (Å²) in [6.45, 7) is 11.8. The van der Waals surface area contributed by atoms with Crippen molar-refractivity contribution in [2.24, 2.45) is 0 Å². The predicted octanol–water partition coefficient (Wildman–Crippen LogP) is 2.55. The Balaban J connectivity index is 4.19. The summed E-state index contributed by atoms with van der Waals surface area (Å²) in [6.07, 6.45) is 1.18. The second-order valence-electron chi connectivity index (χ2n) is 6.17. The molecule has 1 unspecified atom stereocenters. The molecule has 108 valence electrons. The number of nitrogens with one attached hydrogen (secondary N) is 1. The van der Waals surface area contributed by atoms with Gasteiger partial charge in [-0.25, -0.2) is 0 Å². The second-order valence-corrected chi connectivity index (χ2v) is 11.0. The molecule has 0 radical (unpaired) electrons. The van der Waals surface area contributed by atoms with Crippen molar-refractivity contribution in [3.05, 3.63) is 0 Å². The Kier molecular flexibility index (Phi) is 7.10. The Morgan fingerprint density at radius 1 is 1.33 bits per heavy atom. The Bertz CT molecular complexity index is 261. The highest BCUT2D eigenvalue weighted by atomic mass is 28.4. The van der Waals surface area contributed by atoms with Gasteiger partial charge in [-0.05, 0) is 31.6 Å². The smallest absolute Gasteiger partial charge is 0.305 e. The van der Waals surface area contributed by atoms with Crippen LogP contribution in [0.15, 0.2) is 0 Å². The van der Waals surface area contributed by atoms with Gasteiger partial charge in [0.15, 0.2) is 8.32 Å². The van der Waals surface area contributed by atoms with Crippen LogP contribution in [0, 0.1) is 0 Å². The fraction of sp³-hybridized carbons (Fsp3) is 0.923. The van der Waals surface area contributed by atoms with E-state index in [9.17, 15) is 4.79 Å². The maximum atomic E-state index is 11.1. The minimum atomic E-state index is -1.70. The molecule has 0 spiro atoms. The van der Waals surface area contributed by atoms with Crippen LogP contribution in [0.3, 0.4) is 0 Å². The first kappa shape index (κ1) is 17.6. The zero-order chi connectivity index (χ0) is 14.4. The van der Waals surface area contributed by atoms with Crippen molar-refractivity contribution in [3.8, 4) is 0 Å². The Hall–Kier alpha value is -0.393. The third-order valence-corrected chi connectivity index (χ3v) is 8.29. The van der Waals surface area contributed by atoms with Crippen molar-refractivity contribution in [3.63, 3.8) is 0 Å². The number of ether oxygens (including phenoxy) is 1. The number of methoxy groups -OCH3 is 1. The maximum absolute atomic E-state index is 11.1. The summed E-state index contributed by atoms with van der Waals surface area (Å²) < 4.78 is 10.8. The number of esters is 1. The first-order chi connectivity index (χ1) is 8.14. The highest BCUT2D eigenvalue weighted by molar-refractivity contribution is 6.74. The summed E-state index contributed by atoms with van der Waals surface area (Å²) in [6, 6.07) is 0.207. The summed E-state index contributed by atoms with van der Waals surface area (Å²) in [7, 11) is 1.61. The number of hydrogen-bond acceptors (Lipinski definition) is 4. The third-order valence-electron chi connectivity index (χ3n) is 3.78. The minimum Gasteiger partial charge on any atom is -0.469 e. The van der Waals surface area contributed by atoms with E-state index in [4.69, 9.17) is 4.43 Å². The van der Waals surface area contributed by atoms with Crippen LogP contribution in [0.5, 0.6) is 0 Å². The van der Waals surface area contributed by atoms with Crippen LogP contribution in [0.1, 0.15) is 33.6 Å². The fourth-order valence-electron chi connectivity index (χ4n) is 1.23. The first-order valence-electron chi connectivity index (χ1n) is 6.52. The number of rotatable bonds is 7. The molecule has 0 rings (SSSR count). The molecule has 0 amide bonds. The number of likely N-dealkylation sites (N-methyl/N-ethyl adjacent to an activating group) is 1. The van der Waals surface area contributed by atoms with Crippen molar-refractivity contribution in [2.45, 2.75) is 57.8 Å². The van der Waals surface area contributed by atoms with Crippen LogP contribution in [0.2, 0.25) is 18.1 Å². The van der Waals surface area contributed by atoms with Crippen LogP contribution in [-0.2, 0) is 14.0 Å². The van der Waals surface area contributed by atoms with Gasteiger partial charge < -0.3 is 14.5 Å². The summed E-state index contributed by atoms with van der Waals surface area (Å²) in [4.78, 5) is 11.1. The monoisotopic (exact) mass is 275 g/mol. The Morgan fingerprint density at radius 2 is 1.89 bits per heavy atom. The molecule has 18 heavy (non-hydrogen) atoms. The molecule has 0 fully saturated rings. The van der Waals surface area contributed by atoms with Gasteiger partial charge in [-0.1, -0.05) is 20.8 Å². The molecule has 0 aromatic carbocycles. The van der Waals surface area contributed by atoms with Gasteiger partial charge in [0.25, 0.3) is 0 Å². The van der Waals surface area contributed by atoms with Crippen molar-refractivity contribution in [2.75, 3.05) is 20.8 Å². The molecular formula is C13H29NO3Si. The number of carbonyl (C=O) groups is 1. The van der Waals surface area contributed by atoms with Crippen molar-refractivity contribution in [1.29, 1.82) is 0 Å². The molecule has 0 bridgehead atoms. The van der Waals surface area contributed by atoms with Gasteiger partial charge in [0, 0.05) is 19.1 Å². The highest BCUT2D eigenvalue weighted by Gasteiger charge is 2.37. The normalized spacial score (nSPS) is 14.4. The molecule has 0 heterocycles. The largest absolute Gasteiger partial charge is 0.469 e. The molecule has 0 saturated carbocycles. The average molecular weight is 275 g/mol. The summed E-state index contributed by atoms with van der Waals surface area (Å²) in [5.41, 5.74) is 0. The lowest BCUT2D eigenvalue weighted by atomic mass is 10.2. The molecule has 1 N–H and O–H groups in total. The predicted molar refractivity (Wildman–Crippen MR) is 77.2 cm³/mol. The van der Waals surface area contributed by atoms with Crippen LogP contribution in [0.4, 0.5) is 0 Å². The standard InChI is InChI=1S/C13H29NO3Si/c1-13(2,3)18(6,7)17-10-11(14-4)8-9-12(15)16-5/h11,14H,8-10H2,1-7H3. The lowest BCUT2D eigenvalue weighted by molar-refractivity contribution is -0.140. The lowest BCUT2D eigenvalue weighted by Gasteiger charge is -2.37. The molecule has 0 aliphatic heterocycles. The van der Waals surface area contributed by atoms with Crippen molar-refractivity contribution >= 4 is 14.3 Å². The van der Waals surface area contributed by atoms with Crippen LogP contribution in [-0.4, -0.2) is 41.1 Å². The topological polar surface area (TPSA) is 47.6 Å². The van der Waals surface area contributed by atoms with E-state index in [2.05, 4.69) is 43.9 Å². The minimum absolute atomic E-state index is 0.164. The van der Waals surface area contributed by atoms with Gasteiger partial charge in [-0.15, -0.1) is 0 Å². The van der Waals surface area contributed by atoms with E-state index in [-0.39, 0.29) is 17.0 Å². The molecule has 0 aliphatic carbocycles. The molecule has 4 nitrogen and oxygen atoms in total. The summed E-state index contributed by atoms with van der Waals surface area (Å²) in [5, 5.41) is 3.41.